The molecule has 0 fully saturated rings. The van der Waals surface area contributed by atoms with Crippen LogP contribution < -0.4 is 10.4 Å². The summed E-state index contributed by atoms with van der Waals surface area (Å²) < 4.78 is 11.0. The van der Waals surface area contributed by atoms with Crippen molar-refractivity contribution in [1.29, 1.82) is 0 Å². The lowest BCUT2D eigenvalue weighted by atomic mass is 10.1. The molecular weight excluding hydrogens is 362 g/mol. The first kappa shape index (κ1) is 19.6. The summed E-state index contributed by atoms with van der Waals surface area (Å²) in [5.41, 5.74) is 0.232. The van der Waals surface area contributed by atoms with E-state index in [0.29, 0.717) is 22.4 Å². The number of aryl methyl sites for hydroxylation is 1. The van der Waals surface area contributed by atoms with Crippen molar-refractivity contribution in [3.8, 4) is 5.75 Å². The normalized spacial score (nSPS) is 11.2. The summed E-state index contributed by atoms with van der Waals surface area (Å²) in [6.07, 6.45) is 1.61. The minimum Gasteiger partial charge on any atom is -0.491 e. The Labute approximate surface area is 161 Å². The van der Waals surface area contributed by atoms with Crippen LogP contribution in [-0.4, -0.2) is 45.1 Å². The lowest BCUT2D eigenvalue weighted by Crippen LogP contribution is -2.35. The van der Waals surface area contributed by atoms with Crippen LogP contribution in [0.15, 0.2) is 39.7 Å². The van der Waals surface area contributed by atoms with Crippen molar-refractivity contribution in [3.05, 3.63) is 58.0 Å². The number of benzene rings is 1. The minimum absolute atomic E-state index is 0.0109. The molecule has 0 atom stereocenters. The SMILES string of the molecule is Cc1ncc(CN(CCO)C(=O)c2cc3ccc(OC(C)C)cc3oc2=O)[nH]1. The Bertz CT molecular complexity index is 1040. The molecular formula is C20H23N3O5. The molecule has 148 valence electrons. The molecule has 2 heterocycles. The minimum atomic E-state index is -0.733. The molecule has 28 heavy (non-hydrogen) atoms. The quantitative estimate of drug-likeness (QED) is 0.604. The number of aliphatic hydroxyl groups is 1. The number of hydrogen-bond acceptors (Lipinski definition) is 6. The maximum atomic E-state index is 12.9. The summed E-state index contributed by atoms with van der Waals surface area (Å²) in [7, 11) is 0. The van der Waals surface area contributed by atoms with Crippen molar-refractivity contribution in [2.75, 3.05) is 13.2 Å². The van der Waals surface area contributed by atoms with E-state index >= 15 is 0 Å². The molecule has 1 amide bonds. The molecule has 1 aromatic carbocycles. The van der Waals surface area contributed by atoms with Crippen LogP contribution in [0.5, 0.6) is 5.75 Å². The van der Waals surface area contributed by atoms with E-state index in [4.69, 9.17) is 9.15 Å². The van der Waals surface area contributed by atoms with Crippen LogP contribution >= 0.6 is 0 Å². The second kappa shape index (κ2) is 8.26. The second-order valence-electron chi connectivity index (χ2n) is 6.76. The van der Waals surface area contributed by atoms with Crippen molar-refractivity contribution in [1.82, 2.24) is 14.9 Å². The van der Waals surface area contributed by atoms with E-state index in [1.165, 1.54) is 11.0 Å². The zero-order chi connectivity index (χ0) is 20.3. The summed E-state index contributed by atoms with van der Waals surface area (Å²) in [4.78, 5) is 33.9. The average molecular weight is 385 g/mol. The molecule has 0 spiro atoms. The summed E-state index contributed by atoms with van der Waals surface area (Å²) >= 11 is 0. The first-order chi connectivity index (χ1) is 13.4. The number of ether oxygens (including phenoxy) is 1. The number of amides is 1. The number of aliphatic hydroxyl groups excluding tert-OH is 1. The van der Waals surface area contributed by atoms with Crippen molar-refractivity contribution >= 4 is 16.9 Å². The van der Waals surface area contributed by atoms with Crippen LogP contribution in [-0.2, 0) is 6.54 Å². The van der Waals surface area contributed by atoms with Gasteiger partial charge in [0, 0.05) is 18.0 Å². The van der Waals surface area contributed by atoms with Crippen molar-refractivity contribution < 1.29 is 19.1 Å². The summed E-state index contributed by atoms with van der Waals surface area (Å²) in [6.45, 7) is 5.65. The van der Waals surface area contributed by atoms with Crippen LogP contribution in [0, 0.1) is 6.92 Å². The molecule has 0 aliphatic rings. The van der Waals surface area contributed by atoms with E-state index in [1.807, 2.05) is 13.8 Å². The number of rotatable bonds is 7. The van der Waals surface area contributed by atoms with Crippen LogP contribution in [0.2, 0.25) is 0 Å². The van der Waals surface area contributed by atoms with Crippen molar-refractivity contribution in [2.24, 2.45) is 0 Å². The summed E-state index contributed by atoms with van der Waals surface area (Å²) in [5, 5.41) is 9.94. The number of fused-ring (bicyclic) bond motifs is 1. The lowest BCUT2D eigenvalue weighted by molar-refractivity contribution is 0.0701. The monoisotopic (exact) mass is 385 g/mol. The van der Waals surface area contributed by atoms with Gasteiger partial charge in [-0.05, 0) is 39.0 Å². The Morgan fingerprint density at radius 1 is 1.36 bits per heavy atom. The molecule has 0 bridgehead atoms. The van der Waals surface area contributed by atoms with Gasteiger partial charge >= 0.3 is 5.63 Å². The van der Waals surface area contributed by atoms with Gasteiger partial charge in [-0.3, -0.25) is 4.79 Å². The smallest absolute Gasteiger partial charge is 0.349 e. The highest BCUT2D eigenvalue weighted by Crippen LogP contribution is 2.22. The number of aromatic amines is 1. The molecule has 0 saturated heterocycles. The van der Waals surface area contributed by atoms with Gasteiger partial charge in [0.05, 0.1) is 31.1 Å². The maximum absolute atomic E-state index is 12.9. The van der Waals surface area contributed by atoms with Crippen LogP contribution in [0.25, 0.3) is 11.0 Å². The average Bonchev–Trinajstić information content (AvgIpc) is 3.04. The number of aromatic nitrogens is 2. The van der Waals surface area contributed by atoms with Gasteiger partial charge in [-0.15, -0.1) is 0 Å². The Morgan fingerprint density at radius 3 is 2.79 bits per heavy atom. The third-order valence-corrected chi connectivity index (χ3v) is 4.08. The number of hydrogen-bond donors (Lipinski definition) is 2. The van der Waals surface area contributed by atoms with E-state index < -0.39 is 11.5 Å². The van der Waals surface area contributed by atoms with Gasteiger partial charge in [-0.1, -0.05) is 0 Å². The van der Waals surface area contributed by atoms with Crippen LogP contribution in [0.3, 0.4) is 0 Å². The molecule has 0 unspecified atom stereocenters. The fraction of sp³-hybridized carbons (Fsp3) is 0.350. The van der Waals surface area contributed by atoms with Gasteiger partial charge < -0.3 is 24.1 Å². The van der Waals surface area contributed by atoms with Crippen molar-refractivity contribution in [3.63, 3.8) is 0 Å². The Morgan fingerprint density at radius 2 is 2.14 bits per heavy atom. The third-order valence-electron chi connectivity index (χ3n) is 4.08. The standard InChI is InChI=1S/C20H23N3O5/c1-12(2)27-16-5-4-14-8-17(20(26)28-18(14)9-16)19(25)23(6-7-24)11-15-10-21-13(3)22-15/h4-5,8-10,12,24H,6-7,11H2,1-3H3,(H,21,22). The number of H-pyrrole nitrogens is 1. The van der Waals surface area contributed by atoms with E-state index in [9.17, 15) is 14.7 Å². The van der Waals surface area contributed by atoms with Crippen molar-refractivity contribution in [2.45, 2.75) is 33.4 Å². The number of carbonyl (C=O) groups is 1. The highest BCUT2D eigenvalue weighted by atomic mass is 16.5. The Hall–Kier alpha value is -3.13. The number of carbonyl (C=O) groups excluding carboxylic acids is 1. The predicted octanol–water partition coefficient (Wildman–Crippen LogP) is 2.25. The predicted molar refractivity (Wildman–Crippen MR) is 103 cm³/mol. The molecule has 0 radical (unpaired) electrons. The van der Waals surface area contributed by atoms with E-state index in [2.05, 4.69) is 9.97 Å². The zero-order valence-electron chi connectivity index (χ0n) is 16.1. The molecule has 0 aliphatic heterocycles. The number of nitrogens with one attached hydrogen (secondary N) is 1. The molecule has 0 saturated carbocycles. The first-order valence-corrected chi connectivity index (χ1v) is 9.02. The van der Waals surface area contributed by atoms with Gasteiger partial charge in [0.15, 0.2) is 0 Å². The maximum Gasteiger partial charge on any atom is 0.349 e. The van der Waals surface area contributed by atoms with E-state index in [1.54, 1.807) is 31.3 Å². The fourth-order valence-electron chi connectivity index (χ4n) is 2.89. The van der Waals surface area contributed by atoms with Gasteiger partial charge in [-0.25, -0.2) is 9.78 Å². The fourth-order valence-corrected chi connectivity index (χ4v) is 2.89. The third kappa shape index (κ3) is 4.40. The van der Waals surface area contributed by atoms with Gasteiger partial charge in [0.25, 0.3) is 5.91 Å². The Balaban J connectivity index is 1.92. The van der Waals surface area contributed by atoms with Gasteiger partial charge in [-0.2, -0.15) is 0 Å². The number of imidazole rings is 1. The van der Waals surface area contributed by atoms with Gasteiger partial charge in [0.1, 0.15) is 22.7 Å². The summed E-state index contributed by atoms with van der Waals surface area (Å²) in [6, 6.07) is 6.63. The molecule has 3 aromatic rings. The molecule has 8 heteroatoms. The first-order valence-electron chi connectivity index (χ1n) is 9.02. The van der Waals surface area contributed by atoms with E-state index in [0.717, 1.165) is 5.82 Å². The van der Waals surface area contributed by atoms with Crippen LogP contribution in [0.4, 0.5) is 0 Å². The highest BCUT2D eigenvalue weighted by Gasteiger charge is 2.21. The molecule has 3 rings (SSSR count). The largest absolute Gasteiger partial charge is 0.491 e. The van der Waals surface area contributed by atoms with E-state index in [-0.39, 0.29) is 31.4 Å². The molecule has 2 N–H and O–H groups in total. The topological polar surface area (TPSA) is 109 Å². The molecule has 8 nitrogen and oxygen atoms in total. The Kier molecular flexibility index (Phi) is 5.79. The summed E-state index contributed by atoms with van der Waals surface area (Å²) in [5.74, 6) is 0.789. The molecule has 0 aliphatic carbocycles. The highest BCUT2D eigenvalue weighted by molar-refractivity contribution is 5.96. The second-order valence-corrected chi connectivity index (χ2v) is 6.76. The van der Waals surface area contributed by atoms with Crippen LogP contribution in [0.1, 0.15) is 35.7 Å². The number of nitrogens with zero attached hydrogens (tertiary/aromatic N) is 2. The molecule has 2 aromatic heterocycles. The van der Waals surface area contributed by atoms with Gasteiger partial charge in [0.2, 0.25) is 0 Å². The lowest BCUT2D eigenvalue weighted by Gasteiger charge is -2.20. The zero-order valence-corrected chi connectivity index (χ0v) is 16.1.